The number of amides is 1. The molecule has 0 radical (unpaired) electrons. The van der Waals surface area contributed by atoms with Crippen LogP contribution < -0.4 is 25.5 Å². The first-order chi connectivity index (χ1) is 23.0. The molecular formula is C35H55N7O5. The highest BCUT2D eigenvalue weighted by Crippen LogP contribution is 2.40. The Bertz CT molecular complexity index is 1390. The lowest BCUT2D eigenvalue weighted by atomic mass is 10.0. The topological polar surface area (TPSA) is 146 Å². The number of carbonyl (C=O) groups is 2. The first kappa shape index (κ1) is 40.4. The summed E-state index contributed by atoms with van der Waals surface area (Å²) in [5, 5.41) is 11.1. The number of benzene rings is 2. The van der Waals surface area contributed by atoms with Gasteiger partial charge in [0.1, 0.15) is 23.9 Å². The number of ketones is 1. The van der Waals surface area contributed by atoms with Crippen molar-refractivity contribution in [2.24, 2.45) is 16.3 Å². The Morgan fingerprint density at radius 2 is 1.77 bits per heavy atom. The SMILES string of the molecule is CC.CC.CC.CCOc1cc(C(=O)N2CCCCC(=O)c3cc(CN/N=N\N)ccc3OCC2)cc(OC)c1-c1cnn(CC)c1. The number of rotatable bonds is 9. The molecule has 0 bridgehead atoms. The Kier molecular flexibility index (Phi) is 19.6. The summed E-state index contributed by atoms with van der Waals surface area (Å²) in [4.78, 5) is 28.6. The van der Waals surface area contributed by atoms with E-state index in [1.807, 2.05) is 72.3 Å². The number of nitrogens with zero attached hydrogens (tertiary/aromatic N) is 5. The molecule has 260 valence electrons. The largest absolute Gasteiger partial charge is 0.496 e. The number of ether oxygens (including phenoxy) is 3. The van der Waals surface area contributed by atoms with Gasteiger partial charge in [-0.05, 0) is 56.5 Å². The molecule has 2 heterocycles. The molecule has 1 aliphatic heterocycles. The number of nitrogens with two attached hydrogens (primary N) is 1. The molecule has 1 amide bonds. The van der Waals surface area contributed by atoms with Crippen molar-refractivity contribution in [3.63, 3.8) is 0 Å². The van der Waals surface area contributed by atoms with Gasteiger partial charge in [-0.25, -0.2) is 0 Å². The van der Waals surface area contributed by atoms with Crippen LogP contribution in [0.2, 0.25) is 0 Å². The van der Waals surface area contributed by atoms with Gasteiger partial charge in [0.05, 0.1) is 44.1 Å². The summed E-state index contributed by atoms with van der Waals surface area (Å²) in [7, 11) is 1.58. The van der Waals surface area contributed by atoms with Crippen LogP contribution in [0.15, 0.2) is 53.2 Å². The smallest absolute Gasteiger partial charge is 0.254 e. The van der Waals surface area contributed by atoms with E-state index in [0.29, 0.717) is 73.9 Å². The van der Waals surface area contributed by atoms with E-state index in [9.17, 15) is 9.59 Å². The summed E-state index contributed by atoms with van der Waals surface area (Å²) in [6.45, 7) is 18.5. The molecule has 0 saturated carbocycles. The fourth-order valence-electron chi connectivity index (χ4n) is 4.78. The summed E-state index contributed by atoms with van der Waals surface area (Å²) in [6, 6.07) is 8.92. The van der Waals surface area contributed by atoms with Crippen molar-refractivity contribution in [3.8, 4) is 28.4 Å². The molecule has 3 aromatic rings. The maximum absolute atomic E-state index is 13.8. The average molecular weight is 654 g/mol. The molecule has 47 heavy (non-hydrogen) atoms. The van der Waals surface area contributed by atoms with Gasteiger partial charge in [0.2, 0.25) is 0 Å². The van der Waals surface area contributed by atoms with E-state index < -0.39 is 0 Å². The first-order valence-electron chi connectivity index (χ1n) is 16.8. The van der Waals surface area contributed by atoms with Gasteiger partial charge in [-0.15, -0.1) is 0 Å². The van der Waals surface area contributed by atoms with Gasteiger partial charge >= 0.3 is 0 Å². The van der Waals surface area contributed by atoms with Crippen molar-refractivity contribution in [1.29, 1.82) is 0 Å². The number of Topliss-reactive ketones (excluding diaryl/α,β-unsaturated/α-hetero) is 1. The Hall–Kier alpha value is -4.61. The van der Waals surface area contributed by atoms with Gasteiger partial charge in [0, 0.05) is 36.8 Å². The van der Waals surface area contributed by atoms with Gasteiger partial charge < -0.3 is 25.0 Å². The molecule has 2 aromatic carbocycles. The van der Waals surface area contributed by atoms with E-state index in [1.165, 1.54) is 0 Å². The van der Waals surface area contributed by atoms with Crippen LogP contribution in [0.25, 0.3) is 11.1 Å². The van der Waals surface area contributed by atoms with Gasteiger partial charge in [0.15, 0.2) is 5.78 Å². The average Bonchev–Trinajstić information content (AvgIpc) is 3.59. The standard InChI is InChI=1S/C29H37N7O5.3C2H6/c1-4-36-19-22(18-32-36)28-26(39-3)15-21(16-27(28)40-5-2)29(38)35-11-7-6-8-24(37)23-14-20(17-31-34-33-30)9-10-25(23)41-13-12-35;3*1-2/h9-10,14-16,18-19H,4-8,11-13,17H2,1-3H3,(H2,30,34)(H,31,33);3*1-2H3. The Morgan fingerprint density at radius 1 is 1.04 bits per heavy atom. The maximum atomic E-state index is 13.8. The van der Waals surface area contributed by atoms with Gasteiger partial charge in [-0.2, -0.15) is 5.10 Å². The van der Waals surface area contributed by atoms with Crippen LogP contribution in [0.3, 0.4) is 0 Å². The van der Waals surface area contributed by atoms with Gasteiger partial charge in [0.25, 0.3) is 5.91 Å². The molecule has 0 aliphatic carbocycles. The second kappa shape index (κ2) is 22.8. The van der Waals surface area contributed by atoms with Crippen LogP contribution in [-0.4, -0.2) is 59.8 Å². The molecular weight excluding hydrogens is 598 g/mol. The Morgan fingerprint density at radius 3 is 2.40 bits per heavy atom. The molecule has 1 aromatic heterocycles. The number of methoxy groups -OCH3 is 1. The third-order valence-corrected chi connectivity index (χ3v) is 6.82. The maximum Gasteiger partial charge on any atom is 0.254 e. The molecule has 12 nitrogen and oxygen atoms in total. The summed E-state index contributed by atoms with van der Waals surface area (Å²) < 4.78 is 19.6. The number of fused-ring (bicyclic) bond motifs is 1. The highest BCUT2D eigenvalue weighted by molar-refractivity contribution is 5.99. The predicted octanol–water partition coefficient (Wildman–Crippen LogP) is 7.27. The zero-order chi connectivity index (χ0) is 35.2. The molecule has 0 fully saturated rings. The Labute approximate surface area is 280 Å². The minimum Gasteiger partial charge on any atom is -0.496 e. The van der Waals surface area contributed by atoms with E-state index in [0.717, 1.165) is 23.2 Å². The van der Waals surface area contributed by atoms with E-state index in [1.54, 1.807) is 42.5 Å². The van der Waals surface area contributed by atoms with Crippen LogP contribution >= 0.6 is 0 Å². The quantitative estimate of drug-likeness (QED) is 0.139. The lowest BCUT2D eigenvalue weighted by Gasteiger charge is -2.24. The van der Waals surface area contributed by atoms with Crippen LogP contribution in [0, 0.1) is 0 Å². The van der Waals surface area contributed by atoms with Crippen molar-refractivity contribution < 1.29 is 23.8 Å². The number of nitrogens with one attached hydrogen (secondary N) is 1. The van der Waals surface area contributed by atoms with Crippen LogP contribution in [-0.2, 0) is 13.1 Å². The summed E-state index contributed by atoms with van der Waals surface area (Å²) in [6.07, 6.45) is 5.35. The van der Waals surface area contributed by atoms with Crippen LogP contribution in [0.4, 0.5) is 0 Å². The van der Waals surface area contributed by atoms with Crippen LogP contribution in [0.1, 0.15) is 101 Å². The normalized spacial score (nSPS) is 12.8. The molecule has 1 aliphatic rings. The molecule has 0 unspecified atom stereocenters. The monoisotopic (exact) mass is 653 g/mol. The van der Waals surface area contributed by atoms with Crippen molar-refractivity contribution in [1.82, 2.24) is 20.1 Å². The number of hydrogen-bond donors (Lipinski definition) is 2. The van der Waals surface area contributed by atoms with Crippen molar-refractivity contribution in [3.05, 3.63) is 59.4 Å². The molecule has 0 spiro atoms. The van der Waals surface area contributed by atoms with E-state index >= 15 is 0 Å². The van der Waals surface area contributed by atoms with E-state index in [-0.39, 0.29) is 18.3 Å². The molecule has 0 atom stereocenters. The lowest BCUT2D eigenvalue weighted by molar-refractivity contribution is 0.0727. The van der Waals surface area contributed by atoms with Crippen molar-refractivity contribution in [2.45, 2.75) is 87.7 Å². The molecule has 3 N–H and O–H groups in total. The fraction of sp³-hybridized carbons (Fsp3) is 0.514. The summed E-state index contributed by atoms with van der Waals surface area (Å²) >= 11 is 0. The minimum absolute atomic E-state index is 0.00449. The number of carbonyl (C=O) groups excluding carboxylic acids is 2. The van der Waals surface area contributed by atoms with Gasteiger partial charge in [-0.1, -0.05) is 58.1 Å². The second-order valence-electron chi connectivity index (χ2n) is 9.47. The summed E-state index contributed by atoms with van der Waals surface area (Å²) in [5.41, 5.74) is 6.14. The highest BCUT2D eigenvalue weighted by Gasteiger charge is 2.24. The van der Waals surface area contributed by atoms with E-state index in [2.05, 4.69) is 21.0 Å². The zero-order valence-corrected chi connectivity index (χ0v) is 29.8. The zero-order valence-electron chi connectivity index (χ0n) is 29.8. The minimum atomic E-state index is -0.162. The molecule has 4 rings (SSSR count). The second-order valence-corrected chi connectivity index (χ2v) is 9.47. The molecule has 0 saturated heterocycles. The lowest BCUT2D eigenvalue weighted by Crippen LogP contribution is -2.35. The highest BCUT2D eigenvalue weighted by atomic mass is 16.5. The van der Waals surface area contributed by atoms with Crippen LogP contribution in [0.5, 0.6) is 17.2 Å². The van der Waals surface area contributed by atoms with E-state index in [4.69, 9.17) is 20.1 Å². The third-order valence-electron chi connectivity index (χ3n) is 6.82. The number of hydrogen-bond acceptors (Lipinski definition) is 8. The van der Waals surface area contributed by atoms with Crippen molar-refractivity contribution in [2.75, 3.05) is 33.4 Å². The number of aryl methyl sites for hydroxylation is 1. The van der Waals surface area contributed by atoms with Gasteiger partial charge in [-0.3, -0.25) is 19.7 Å². The first-order valence-corrected chi connectivity index (χ1v) is 16.8. The third kappa shape index (κ3) is 11.6. The Balaban J connectivity index is 0.00000174. The fourth-order valence-corrected chi connectivity index (χ4v) is 4.78. The predicted molar refractivity (Wildman–Crippen MR) is 187 cm³/mol. The summed E-state index contributed by atoms with van der Waals surface area (Å²) in [5.74, 6) is 6.44. The van der Waals surface area contributed by atoms with Crippen molar-refractivity contribution >= 4 is 11.7 Å². The molecule has 12 heteroatoms. The number of aromatic nitrogens is 2.